The molecule has 0 radical (unpaired) electrons. The standard InChI is InChI=1S/C12H9BrClN3O2/c13-9-3-1-2-8(4-9)7-15-12-6-10(17(18)19)5-11(14)16-12/h1-6H,7H2,(H,15,16). The summed E-state index contributed by atoms with van der Waals surface area (Å²) in [4.78, 5) is 14.2. The molecule has 7 heteroatoms. The monoisotopic (exact) mass is 341 g/mol. The summed E-state index contributed by atoms with van der Waals surface area (Å²) in [5.41, 5.74) is 0.940. The van der Waals surface area contributed by atoms with E-state index in [9.17, 15) is 10.1 Å². The maximum Gasteiger partial charge on any atom is 0.276 e. The van der Waals surface area contributed by atoms with E-state index in [-0.39, 0.29) is 10.8 Å². The third kappa shape index (κ3) is 3.90. The molecule has 1 N–H and O–H groups in total. The molecule has 0 unspecified atom stereocenters. The summed E-state index contributed by atoms with van der Waals surface area (Å²) >= 11 is 9.11. The van der Waals surface area contributed by atoms with Crippen LogP contribution in [0.15, 0.2) is 40.9 Å². The number of pyridine rings is 1. The summed E-state index contributed by atoms with van der Waals surface area (Å²) in [7, 11) is 0. The predicted molar refractivity (Wildman–Crippen MR) is 77.4 cm³/mol. The van der Waals surface area contributed by atoms with Crippen molar-refractivity contribution < 1.29 is 4.92 Å². The molecule has 0 bridgehead atoms. The van der Waals surface area contributed by atoms with Crippen molar-refractivity contribution in [3.8, 4) is 0 Å². The molecule has 0 aliphatic rings. The molecule has 1 aromatic carbocycles. The largest absolute Gasteiger partial charge is 0.366 e. The Balaban J connectivity index is 2.13. The molecular weight excluding hydrogens is 334 g/mol. The lowest BCUT2D eigenvalue weighted by atomic mass is 10.2. The van der Waals surface area contributed by atoms with Crippen molar-refractivity contribution in [1.82, 2.24) is 4.98 Å². The van der Waals surface area contributed by atoms with Crippen LogP contribution in [-0.2, 0) is 6.54 Å². The molecule has 0 aliphatic heterocycles. The Bertz CT molecular complexity index is 622. The summed E-state index contributed by atoms with van der Waals surface area (Å²) in [6, 6.07) is 10.3. The van der Waals surface area contributed by atoms with Crippen LogP contribution in [0.1, 0.15) is 5.56 Å². The van der Waals surface area contributed by atoms with E-state index >= 15 is 0 Å². The highest BCUT2D eigenvalue weighted by Gasteiger charge is 2.09. The molecule has 19 heavy (non-hydrogen) atoms. The minimum absolute atomic E-state index is 0.0863. The second kappa shape index (κ2) is 5.99. The molecule has 0 atom stereocenters. The summed E-state index contributed by atoms with van der Waals surface area (Å²) in [5.74, 6) is 0.374. The SMILES string of the molecule is O=[N+]([O-])c1cc(Cl)nc(NCc2cccc(Br)c2)c1. The van der Waals surface area contributed by atoms with E-state index in [0.29, 0.717) is 12.4 Å². The van der Waals surface area contributed by atoms with E-state index < -0.39 is 4.92 Å². The number of anilines is 1. The van der Waals surface area contributed by atoms with Gasteiger partial charge in [-0.3, -0.25) is 10.1 Å². The van der Waals surface area contributed by atoms with Crippen molar-refractivity contribution >= 4 is 39.0 Å². The maximum atomic E-state index is 10.7. The molecule has 0 aliphatic carbocycles. The Morgan fingerprint density at radius 2 is 2.16 bits per heavy atom. The zero-order valence-corrected chi connectivity index (χ0v) is 12.0. The van der Waals surface area contributed by atoms with Crippen LogP contribution >= 0.6 is 27.5 Å². The van der Waals surface area contributed by atoms with Crippen LogP contribution in [0.2, 0.25) is 5.15 Å². The van der Waals surface area contributed by atoms with Gasteiger partial charge in [-0.1, -0.05) is 39.7 Å². The van der Waals surface area contributed by atoms with Crippen LogP contribution in [0.4, 0.5) is 11.5 Å². The Morgan fingerprint density at radius 3 is 2.84 bits per heavy atom. The van der Waals surface area contributed by atoms with Gasteiger partial charge in [0, 0.05) is 11.0 Å². The van der Waals surface area contributed by atoms with Crippen molar-refractivity contribution in [3.63, 3.8) is 0 Å². The maximum absolute atomic E-state index is 10.7. The van der Waals surface area contributed by atoms with E-state index in [1.54, 1.807) is 0 Å². The van der Waals surface area contributed by atoms with Crippen molar-refractivity contribution in [1.29, 1.82) is 0 Å². The predicted octanol–water partition coefficient (Wildman–Crippen LogP) is 4.02. The van der Waals surface area contributed by atoms with Gasteiger partial charge in [0.2, 0.25) is 0 Å². The Morgan fingerprint density at radius 1 is 1.37 bits per heavy atom. The van der Waals surface area contributed by atoms with Gasteiger partial charge >= 0.3 is 0 Å². The molecule has 0 amide bonds. The molecule has 0 saturated heterocycles. The normalized spacial score (nSPS) is 10.2. The summed E-state index contributed by atoms with van der Waals surface area (Å²) in [5, 5.41) is 13.8. The zero-order chi connectivity index (χ0) is 13.8. The Kier molecular flexibility index (Phi) is 4.34. The molecule has 0 fully saturated rings. The van der Waals surface area contributed by atoms with Crippen molar-refractivity contribution in [2.45, 2.75) is 6.54 Å². The number of rotatable bonds is 4. The average molecular weight is 343 g/mol. The number of nitrogens with one attached hydrogen (secondary N) is 1. The number of hydrogen-bond donors (Lipinski definition) is 1. The van der Waals surface area contributed by atoms with Crippen LogP contribution in [0.3, 0.4) is 0 Å². The van der Waals surface area contributed by atoms with Crippen LogP contribution in [0, 0.1) is 10.1 Å². The quantitative estimate of drug-likeness (QED) is 0.518. The van der Waals surface area contributed by atoms with Crippen LogP contribution in [0.5, 0.6) is 0 Å². The molecular formula is C12H9BrClN3O2. The highest BCUT2D eigenvalue weighted by molar-refractivity contribution is 9.10. The Labute approximate surface area is 122 Å². The first-order chi connectivity index (χ1) is 9.04. The number of nitrogens with zero attached hydrogens (tertiary/aromatic N) is 2. The molecule has 2 rings (SSSR count). The first kappa shape index (κ1) is 13.8. The highest BCUT2D eigenvalue weighted by atomic mass is 79.9. The van der Waals surface area contributed by atoms with E-state index in [4.69, 9.17) is 11.6 Å². The van der Waals surface area contributed by atoms with Crippen LogP contribution in [-0.4, -0.2) is 9.91 Å². The second-order valence-electron chi connectivity index (χ2n) is 3.77. The van der Waals surface area contributed by atoms with Crippen LogP contribution < -0.4 is 5.32 Å². The number of hydrogen-bond acceptors (Lipinski definition) is 4. The minimum Gasteiger partial charge on any atom is -0.366 e. The van der Waals surface area contributed by atoms with Gasteiger partial charge in [0.05, 0.1) is 17.1 Å². The molecule has 1 heterocycles. The number of halogens is 2. The Hall–Kier alpha value is -1.66. The topological polar surface area (TPSA) is 68.1 Å². The van der Waals surface area contributed by atoms with Gasteiger partial charge in [-0.05, 0) is 17.7 Å². The van der Waals surface area contributed by atoms with E-state index in [1.807, 2.05) is 24.3 Å². The molecule has 0 saturated carbocycles. The second-order valence-corrected chi connectivity index (χ2v) is 5.08. The lowest BCUT2D eigenvalue weighted by Crippen LogP contribution is -2.02. The highest BCUT2D eigenvalue weighted by Crippen LogP contribution is 2.21. The number of nitro groups is 1. The summed E-state index contributed by atoms with van der Waals surface area (Å²) < 4.78 is 0.969. The van der Waals surface area contributed by atoms with Gasteiger partial charge in [0.15, 0.2) is 0 Å². The lowest BCUT2D eigenvalue weighted by Gasteiger charge is -2.06. The van der Waals surface area contributed by atoms with Gasteiger partial charge < -0.3 is 5.32 Å². The van der Waals surface area contributed by atoms with E-state index in [2.05, 4.69) is 26.2 Å². The third-order valence-corrected chi connectivity index (χ3v) is 3.04. The minimum atomic E-state index is -0.502. The fourth-order valence-corrected chi connectivity index (χ4v) is 2.17. The summed E-state index contributed by atoms with van der Waals surface area (Å²) in [6.45, 7) is 0.504. The van der Waals surface area contributed by atoms with Gasteiger partial charge in [-0.2, -0.15) is 0 Å². The van der Waals surface area contributed by atoms with Crippen molar-refractivity contribution in [2.75, 3.05) is 5.32 Å². The lowest BCUT2D eigenvalue weighted by molar-refractivity contribution is -0.384. The molecule has 0 spiro atoms. The fraction of sp³-hybridized carbons (Fsp3) is 0.0833. The van der Waals surface area contributed by atoms with Crippen LogP contribution in [0.25, 0.3) is 0 Å². The zero-order valence-electron chi connectivity index (χ0n) is 9.64. The smallest absolute Gasteiger partial charge is 0.276 e. The van der Waals surface area contributed by atoms with Gasteiger partial charge in [0.25, 0.3) is 5.69 Å². The molecule has 5 nitrogen and oxygen atoms in total. The molecule has 1 aromatic heterocycles. The number of benzene rings is 1. The van der Waals surface area contributed by atoms with Gasteiger partial charge in [0.1, 0.15) is 11.0 Å². The molecule has 2 aromatic rings. The molecule has 98 valence electrons. The third-order valence-electron chi connectivity index (χ3n) is 2.35. The van der Waals surface area contributed by atoms with Gasteiger partial charge in [-0.15, -0.1) is 0 Å². The first-order valence-electron chi connectivity index (χ1n) is 5.35. The first-order valence-corrected chi connectivity index (χ1v) is 6.52. The van der Waals surface area contributed by atoms with Gasteiger partial charge in [-0.25, -0.2) is 4.98 Å². The van der Waals surface area contributed by atoms with E-state index in [1.165, 1.54) is 12.1 Å². The average Bonchev–Trinajstić information content (AvgIpc) is 2.36. The van der Waals surface area contributed by atoms with Crippen molar-refractivity contribution in [3.05, 3.63) is 61.7 Å². The van der Waals surface area contributed by atoms with E-state index in [0.717, 1.165) is 10.0 Å². The fourth-order valence-electron chi connectivity index (χ4n) is 1.52. The van der Waals surface area contributed by atoms with Crippen molar-refractivity contribution in [2.24, 2.45) is 0 Å². The number of aromatic nitrogens is 1. The summed E-state index contributed by atoms with van der Waals surface area (Å²) in [6.07, 6.45) is 0.